The number of nitriles is 1. The third kappa shape index (κ3) is 6.50. The van der Waals surface area contributed by atoms with Gasteiger partial charge in [-0.3, -0.25) is 4.79 Å². The summed E-state index contributed by atoms with van der Waals surface area (Å²) >= 11 is 7.79. The zero-order valence-corrected chi connectivity index (χ0v) is 23.6. The summed E-state index contributed by atoms with van der Waals surface area (Å²) in [5, 5.41) is 17.4. The lowest BCUT2D eigenvalue weighted by Gasteiger charge is -2.31. The average Bonchev–Trinajstić information content (AvgIpc) is 2.97. The fraction of sp³-hybridized carbons (Fsp3) is 0.194. The highest BCUT2D eigenvalue weighted by Gasteiger charge is 2.38. The monoisotopic (exact) mass is 573 g/mol. The highest BCUT2D eigenvalue weighted by molar-refractivity contribution is 8.03. The van der Waals surface area contributed by atoms with Crippen molar-refractivity contribution in [1.29, 1.82) is 5.26 Å². The molecule has 1 heterocycles. The van der Waals surface area contributed by atoms with Crippen LogP contribution in [0.5, 0.6) is 5.75 Å². The van der Waals surface area contributed by atoms with Crippen LogP contribution < -0.4 is 15.4 Å². The summed E-state index contributed by atoms with van der Waals surface area (Å²) in [5.74, 6) is -1.07. The Hall–Kier alpha value is -4.19. The fourth-order valence-electron chi connectivity index (χ4n) is 4.35. The van der Waals surface area contributed by atoms with Gasteiger partial charge in [0.2, 0.25) is 5.91 Å². The molecule has 204 valence electrons. The normalized spacial score (nSPS) is 14.7. The third-order valence-electron chi connectivity index (χ3n) is 6.03. The molecule has 1 aliphatic heterocycles. The van der Waals surface area contributed by atoms with Gasteiger partial charge in [-0.05, 0) is 43.2 Å². The number of halogens is 1. The van der Waals surface area contributed by atoms with Crippen LogP contribution in [0.4, 0.5) is 5.69 Å². The summed E-state index contributed by atoms with van der Waals surface area (Å²) < 4.78 is 11.1. The van der Waals surface area contributed by atoms with Crippen LogP contribution in [0.25, 0.3) is 5.70 Å². The van der Waals surface area contributed by atoms with Gasteiger partial charge in [-0.2, -0.15) is 5.26 Å². The molecule has 1 amide bonds. The van der Waals surface area contributed by atoms with Gasteiger partial charge in [0, 0.05) is 5.02 Å². The van der Waals surface area contributed by atoms with E-state index in [0.717, 1.165) is 5.56 Å². The molecule has 3 aromatic rings. The number of thioether (sulfide) groups is 1. The maximum atomic E-state index is 13.4. The van der Waals surface area contributed by atoms with E-state index in [1.165, 1.54) is 11.8 Å². The van der Waals surface area contributed by atoms with Gasteiger partial charge in [0.1, 0.15) is 5.75 Å². The van der Waals surface area contributed by atoms with E-state index in [0.29, 0.717) is 39.4 Å². The lowest BCUT2D eigenvalue weighted by atomic mass is 9.81. The number of anilines is 1. The Morgan fingerprint density at radius 2 is 1.70 bits per heavy atom. The number of hydrogen-bond acceptors (Lipinski definition) is 7. The molecule has 3 aromatic carbocycles. The number of nitrogens with zero attached hydrogens (tertiary/aromatic N) is 1. The second-order valence-corrected chi connectivity index (χ2v) is 9.97. The average molecular weight is 574 g/mol. The van der Waals surface area contributed by atoms with E-state index in [1.54, 1.807) is 43.3 Å². The molecular formula is C31H28ClN3O4S. The van der Waals surface area contributed by atoms with Crippen LogP contribution in [0, 0.1) is 11.3 Å². The van der Waals surface area contributed by atoms with Gasteiger partial charge in [0.05, 0.1) is 58.5 Å². The Balaban J connectivity index is 1.75. The van der Waals surface area contributed by atoms with E-state index in [2.05, 4.69) is 16.7 Å². The molecule has 0 radical (unpaired) electrons. The second-order valence-electron chi connectivity index (χ2n) is 8.58. The summed E-state index contributed by atoms with van der Waals surface area (Å²) in [5.41, 5.74) is 2.91. The van der Waals surface area contributed by atoms with Gasteiger partial charge in [-0.1, -0.05) is 84.0 Å². The van der Waals surface area contributed by atoms with Crippen LogP contribution in [0.1, 0.15) is 30.9 Å². The van der Waals surface area contributed by atoms with Gasteiger partial charge in [-0.15, -0.1) is 0 Å². The van der Waals surface area contributed by atoms with Gasteiger partial charge in [0.15, 0.2) is 0 Å². The first kappa shape index (κ1) is 28.8. The van der Waals surface area contributed by atoms with Crippen molar-refractivity contribution < 1.29 is 19.1 Å². The minimum Gasteiger partial charge on any atom is -0.492 e. The largest absolute Gasteiger partial charge is 0.492 e. The topological polar surface area (TPSA) is 100 Å². The Labute approximate surface area is 242 Å². The minimum absolute atomic E-state index is 0.0000237. The van der Waals surface area contributed by atoms with Crippen LogP contribution >= 0.6 is 23.4 Å². The van der Waals surface area contributed by atoms with Crippen LogP contribution in [0.3, 0.4) is 0 Å². The predicted molar refractivity (Wildman–Crippen MR) is 159 cm³/mol. The zero-order chi connectivity index (χ0) is 28.5. The molecule has 0 saturated heterocycles. The molecule has 1 aliphatic rings. The van der Waals surface area contributed by atoms with E-state index in [-0.39, 0.29) is 29.4 Å². The summed E-state index contributed by atoms with van der Waals surface area (Å²) in [7, 11) is 0. The number of para-hydroxylation sites is 2. The lowest BCUT2D eigenvalue weighted by Crippen LogP contribution is -2.30. The Bertz CT molecular complexity index is 1500. The van der Waals surface area contributed by atoms with Gasteiger partial charge >= 0.3 is 5.97 Å². The number of nitrogens with one attached hydrogen (secondary N) is 2. The van der Waals surface area contributed by atoms with Gasteiger partial charge in [0.25, 0.3) is 0 Å². The Kier molecular flexibility index (Phi) is 9.90. The number of allylic oxidation sites excluding steroid dienone is 1. The van der Waals surface area contributed by atoms with Crippen molar-refractivity contribution in [3.8, 4) is 11.8 Å². The standard InChI is InChI=1S/C31H28ClN3O4S/c1-3-38-25-17-11-10-16-24(25)34-26(36)19-40-30-22(18-33)27(21-14-8-9-15-23(21)32)28(31(37)39-4-2)29(35-30)20-12-6-5-7-13-20/h5-17,27,35H,3-4,19H2,1-2H3,(H,34,36)/t27-/m1/s1. The van der Waals surface area contributed by atoms with Crippen molar-refractivity contribution in [3.63, 3.8) is 0 Å². The van der Waals surface area contributed by atoms with Crippen LogP contribution in [0.2, 0.25) is 5.02 Å². The van der Waals surface area contributed by atoms with Crippen LogP contribution in [-0.2, 0) is 14.3 Å². The number of hydrogen-bond donors (Lipinski definition) is 2. The van der Waals surface area contributed by atoms with E-state index >= 15 is 0 Å². The first-order chi connectivity index (χ1) is 19.5. The van der Waals surface area contributed by atoms with E-state index in [4.69, 9.17) is 21.1 Å². The van der Waals surface area contributed by atoms with Gasteiger partial charge in [-0.25, -0.2) is 4.79 Å². The molecule has 1 atom stereocenters. The maximum absolute atomic E-state index is 13.4. The molecule has 0 aromatic heterocycles. The highest BCUT2D eigenvalue weighted by Crippen LogP contribution is 2.45. The number of esters is 1. The summed E-state index contributed by atoms with van der Waals surface area (Å²) in [4.78, 5) is 26.4. The van der Waals surface area contributed by atoms with Gasteiger partial charge < -0.3 is 20.1 Å². The number of carbonyl (C=O) groups excluding carboxylic acids is 2. The molecule has 40 heavy (non-hydrogen) atoms. The lowest BCUT2D eigenvalue weighted by molar-refractivity contribution is -0.138. The molecule has 0 aliphatic carbocycles. The van der Waals surface area contributed by atoms with Crippen molar-refractivity contribution in [2.75, 3.05) is 24.3 Å². The molecule has 0 unspecified atom stereocenters. The third-order valence-corrected chi connectivity index (χ3v) is 7.39. The summed E-state index contributed by atoms with van der Waals surface area (Å²) in [6, 6.07) is 25.9. The Morgan fingerprint density at radius 1 is 1.00 bits per heavy atom. The van der Waals surface area contributed by atoms with E-state index < -0.39 is 11.9 Å². The second kappa shape index (κ2) is 13.7. The van der Waals surface area contributed by atoms with Crippen molar-refractivity contribution >= 4 is 46.6 Å². The summed E-state index contributed by atoms with van der Waals surface area (Å²) in [6.45, 7) is 4.23. The van der Waals surface area contributed by atoms with Crippen molar-refractivity contribution in [3.05, 3.63) is 111 Å². The van der Waals surface area contributed by atoms with Crippen molar-refractivity contribution in [1.82, 2.24) is 5.32 Å². The minimum atomic E-state index is -0.807. The van der Waals surface area contributed by atoms with E-state index in [9.17, 15) is 14.9 Å². The molecule has 7 nitrogen and oxygen atoms in total. The number of ether oxygens (including phenoxy) is 2. The van der Waals surface area contributed by atoms with E-state index in [1.807, 2.05) is 49.4 Å². The highest BCUT2D eigenvalue weighted by atomic mass is 35.5. The number of amides is 1. The summed E-state index contributed by atoms with van der Waals surface area (Å²) in [6.07, 6.45) is 0. The Morgan fingerprint density at radius 3 is 2.40 bits per heavy atom. The molecule has 9 heteroatoms. The zero-order valence-electron chi connectivity index (χ0n) is 22.1. The number of dihydropyridines is 1. The smallest absolute Gasteiger partial charge is 0.337 e. The molecule has 0 fully saturated rings. The molecule has 0 bridgehead atoms. The molecule has 0 saturated carbocycles. The van der Waals surface area contributed by atoms with Crippen molar-refractivity contribution in [2.24, 2.45) is 0 Å². The molecule has 4 rings (SSSR count). The number of benzene rings is 3. The SMILES string of the molecule is CCOC(=O)C1=C(c2ccccc2)NC(SCC(=O)Nc2ccccc2OCC)=C(C#N)[C@H]1c1ccccc1Cl. The first-order valence-electron chi connectivity index (χ1n) is 12.7. The number of carbonyl (C=O) groups is 2. The predicted octanol–water partition coefficient (Wildman–Crippen LogP) is 6.51. The molecular weight excluding hydrogens is 546 g/mol. The van der Waals surface area contributed by atoms with Crippen LogP contribution in [-0.4, -0.2) is 30.8 Å². The number of rotatable bonds is 10. The molecule has 2 N–H and O–H groups in total. The molecule has 0 spiro atoms. The van der Waals surface area contributed by atoms with Crippen LogP contribution in [0.15, 0.2) is 95.0 Å². The van der Waals surface area contributed by atoms with Crippen molar-refractivity contribution in [2.45, 2.75) is 19.8 Å². The fourth-order valence-corrected chi connectivity index (χ4v) is 5.44. The maximum Gasteiger partial charge on any atom is 0.337 e. The first-order valence-corrected chi connectivity index (χ1v) is 14.1. The quantitative estimate of drug-likeness (QED) is 0.267.